The van der Waals surface area contributed by atoms with E-state index in [0.29, 0.717) is 24.0 Å². The number of hydrogen-bond donors (Lipinski definition) is 1. The average molecular weight is 264 g/mol. The molecule has 0 amide bonds. The molecule has 0 spiro atoms. The van der Waals surface area contributed by atoms with Crippen LogP contribution in [0.1, 0.15) is 44.6 Å². The molecule has 0 aromatic heterocycles. The van der Waals surface area contributed by atoms with Crippen molar-refractivity contribution in [3.05, 3.63) is 23.8 Å². The average Bonchev–Trinajstić information content (AvgIpc) is 2.44. The molecule has 1 atom stereocenters. The second kappa shape index (κ2) is 8.64. The van der Waals surface area contributed by atoms with E-state index in [1.807, 2.05) is 18.2 Å². The van der Waals surface area contributed by atoms with Crippen molar-refractivity contribution >= 4 is 5.69 Å². The Kier molecular flexibility index (Phi) is 7.11. The minimum Gasteiger partial charge on any atom is -0.491 e. The molecule has 1 N–H and O–H groups in total. The van der Waals surface area contributed by atoms with Crippen LogP contribution >= 0.6 is 0 Å². The third-order valence-corrected chi connectivity index (χ3v) is 3.18. The molecule has 0 heterocycles. The van der Waals surface area contributed by atoms with Gasteiger partial charge in [-0.25, -0.2) is 5.53 Å². The minimum atomic E-state index is 0.410. The monoisotopic (exact) mass is 264 g/mol. The van der Waals surface area contributed by atoms with Crippen LogP contribution < -0.4 is 4.74 Å². The van der Waals surface area contributed by atoms with Gasteiger partial charge in [-0.15, -0.1) is 0 Å². The summed E-state index contributed by atoms with van der Waals surface area (Å²) in [4.78, 5) is 0. The molecule has 0 radical (unpaired) electrons. The number of ether oxygens (including phenoxy) is 2. The van der Waals surface area contributed by atoms with Crippen molar-refractivity contribution < 1.29 is 9.47 Å². The molecule has 4 nitrogen and oxygen atoms in total. The highest BCUT2D eigenvalue weighted by Gasteiger charge is 2.10. The highest BCUT2D eigenvalue weighted by atomic mass is 16.5. The van der Waals surface area contributed by atoms with E-state index in [1.165, 1.54) is 5.56 Å². The van der Waals surface area contributed by atoms with Crippen LogP contribution in [0.25, 0.3) is 0 Å². The van der Waals surface area contributed by atoms with Gasteiger partial charge in [0.2, 0.25) is 0 Å². The lowest BCUT2D eigenvalue weighted by molar-refractivity contribution is 0.189. The summed E-state index contributed by atoms with van der Waals surface area (Å²) in [5.74, 6) is 1.12. The van der Waals surface area contributed by atoms with Crippen molar-refractivity contribution in [2.45, 2.75) is 39.0 Å². The summed E-state index contributed by atoms with van der Waals surface area (Å²) in [6, 6.07) is 5.87. The molecule has 1 unspecified atom stereocenters. The van der Waals surface area contributed by atoms with Crippen LogP contribution in [0, 0.1) is 5.53 Å². The quantitative estimate of drug-likeness (QED) is 0.520. The topological polar surface area (TPSA) is 54.7 Å². The Morgan fingerprint density at radius 1 is 1.32 bits per heavy atom. The van der Waals surface area contributed by atoms with Gasteiger partial charge in [-0.1, -0.05) is 26.3 Å². The number of benzene rings is 1. The summed E-state index contributed by atoms with van der Waals surface area (Å²) < 4.78 is 10.8. The van der Waals surface area contributed by atoms with E-state index in [9.17, 15) is 0 Å². The minimum absolute atomic E-state index is 0.410. The second-order valence-corrected chi connectivity index (χ2v) is 4.72. The zero-order valence-electron chi connectivity index (χ0n) is 12.1. The van der Waals surface area contributed by atoms with Crippen molar-refractivity contribution in [3.8, 4) is 5.75 Å². The molecule has 0 aliphatic rings. The molecular weight excluding hydrogens is 240 g/mol. The molecule has 106 valence electrons. The van der Waals surface area contributed by atoms with Gasteiger partial charge < -0.3 is 9.47 Å². The number of methoxy groups -OCH3 is 1. The van der Waals surface area contributed by atoms with E-state index < -0.39 is 0 Å². The first kappa shape index (κ1) is 15.6. The van der Waals surface area contributed by atoms with E-state index in [1.54, 1.807) is 7.11 Å². The lowest BCUT2D eigenvalue weighted by Gasteiger charge is -2.14. The van der Waals surface area contributed by atoms with Crippen molar-refractivity contribution in [1.82, 2.24) is 0 Å². The Hall–Kier alpha value is -1.42. The van der Waals surface area contributed by atoms with E-state index in [2.05, 4.69) is 19.0 Å². The molecule has 0 saturated heterocycles. The van der Waals surface area contributed by atoms with E-state index in [-0.39, 0.29) is 0 Å². The van der Waals surface area contributed by atoms with Gasteiger partial charge >= 0.3 is 0 Å². The van der Waals surface area contributed by atoms with Crippen LogP contribution in [0.3, 0.4) is 0 Å². The number of nitrogens with zero attached hydrogens (tertiary/aromatic N) is 1. The van der Waals surface area contributed by atoms with Gasteiger partial charge in [0, 0.05) is 13.7 Å². The third-order valence-electron chi connectivity index (χ3n) is 3.18. The summed E-state index contributed by atoms with van der Waals surface area (Å²) in [7, 11) is 1.72. The highest BCUT2D eigenvalue weighted by molar-refractivity contribution is 5.53. The fraction of sp³-hybridized carbons (Fsp3) is 0.600. The number of unbranched alkanes of at least 4 members (excludes halogenated alkanes) is 1. The molecule has 1 aromatic carbocycles. The van der Waals surface area contributed by atoms with Crippen molar-refractivity contribution in [1.29, 1.82) is 5.53 Å². The summed E-state index contributed by atoms with van der Waals surface area (Å²) in [5, 5.41) is 3.51. The molecule has 0 aliphatic heterocycles. The number of nitrogens with one attached hydrogen (secondary N) is 1. The Morgan fingerprint density at radius 3 is 2.74 bits per heavy atom. The zero-order chi connectivity index (χ0) is 14.1. The van der Waals surface area contributed by atoms with Crippen molar-refractivity contribution in [2.75, 3.05) is 20.3 Å². The predicted octanol–water partition coefficient (Wildman–Crippen LogP) is 4.67. The Labute approximate surface area is 115 Å². The fourth-order valence-electron chi connectivity index (χ4n) is 1.83. The van der Waals surface area contributed by atoms with Gasteiger partial charge in [0.25, 0.3) is 0 Å². The molecular formula is C15H24N2O2. The van der Waals surface area contributed by atoms with Crippen LogP contribution in [0.5, 0.6) is 5.75 Å². The first-order valence-electron chi connectivity index (χ1n) is 6.86. The second-order valence-electron chi connectivity index (χ2n) is 4.72. The lowest BCUT2D eigenvalue weighted by Crippen LogP contribution is -2.01. The van der Waals surface area contributed by atoms with Gasteiger partial charge in [0.05, 0.1) is 6.61 Å². The molecule has 0 aliphatic carbocycles. The van der Waals surface area contributed by atoms with E-state index >= 15 is 0 Å². The highest BCUT2D eigenvalue weighted by Crippen LogP contribution is 2.32. The van der Waals surface area contributed by atoms with E-state index in [4.69, 9.17) is 15.0 Å². The van der Waals surface area contributed by atoms with Crippen LogP contribution in [-0.2, 0) is 4.74 Å². The van der Waals surface area contributed by atoms with Crippen LogP contribution in [0.15, 0.2) is 23.3 Å². The Bertz CT molecular complexity index is 394. The maximum absolute atomic E-state index is 7.18. The molecule has 0 fully saturated rings. The Balaban J connectivity index is 2.78. The summed E-state index contributed by atoms with van der Waals surface area (Å²) in [5.41, 5.74) is 8.98. The molecule has 0 saturated carbocycles. The summed E-state index contributed by atoms with van der Waals surface area (Å²) >= 11 is 0. The SMILES string of the molecule is CCCCOc1cc(C(C)CCOC)ccc1N=N. The largest absolute Gasteiger partial charge is 0.491 e. The standard InChI is InChI=1S/C15H24N2O2/c1-4-5-9-19-15-11-13(6-7-14(15)17-16)12(2)8-10-18-3/h6-7,11-12,16H,4-5,8-10H2,1-3H3. The number of hydrogen-bond acceptors (Lipinski definition) is 4. The molecule has 4 heteroatoms. The lowest BCUT2D eigenvalue weighted by atomic mass is 9.97. The first-order valence-corrected chi connectivity index (χ1v) is 6.86. The Morgan fingerprint density at radius 2 is 2.11 bits per heavy atom. The van der Waals surface area contributed by atoms with Crippen LogP contribution in [0.4, 0.5) is 5.69 Å². The molecule has 1 aromatic rings. The van der Waals surface area contributed by atoms with Crippen LogP contribution in [-0.4, -0.2) is 20.3 Å². The molecule has 1 rings (SSSR count). The van der Waals surface area contributed by atoms with Gasteiger partial charge in [-0.3, -0.25) is 0 Å². The molecule has 0 bridgehead atoms. The zero-order valence-corrected chi connectivity index (χ0v) is 12.1. The van der Waals surface area contributed by atoms with E-state index in [0.717, 1.165) is 25.9 Å². The molecule has 19 heavy (non-hydrogen) atoms. The van der Waals surface area contributed by atoms with Crippen LogP contribution in [0.2, 0.25) is 0 Å². The van der Waals surface area contributed by atoms with Crippen molar-refractivity contribution in [3.63, 3.8) is 0 Å². The third kappa shape index (κ3) is 4.99. The number of rotatable bonds is 9. The first-order chi connectivity index (χ1) is 9.22. The normalized spacial score (nSPS) is 12.2. The van der Waals surface area contributed by atoms with Gasteiger partial charge in [-0.05, 0) is 36.5 Å². The summed E-state index contributed by atoms with van der Waals surface area (Å²) in [6.07, 6.45) is 3.08. The van der Waals surface area contributed by atoms with Crippen molar-refractivity contribution in [2.24, 2.45) is 5.11 Å². The summed E-state index contributed by atoms with van der Waals surface area (Å²) in [6.45, 7) is 5.72. The maximum Gasteiger partial charge on any atom is 0.147 e. The predicted molar refractivity (Wildman–Crippen MR) is 76.6 cm³/mol. The van der Waals surface area contributed by atoms with Gasteiger partial charge in [0.15, 0.2) is 0 Å². The van der Waals surface area contributed by atoms with Gasteiger partial charge in [-0.2, -0.15) is 5.11 Å². The smallest absolute Gasteiger partial charge is 0.147 e. The maximum atomic E-state index is 7.18. The fourth-order valence-corrected chi connectivity index (χ4v) is 1.83. The van der Waals surface area contributed by atoms with Gasteiger partial charge in [0.1, 0.15) is 11.4 Å².